The molecule has 0 saturated heterocycles. The van der Waals surface area contributed by atoms with Gasteiger partial charge in [0.25, 0.3) is 0 Å². The molecule has 0 fully saturated rings. The van der Waals surface area contributed by atoms with Crippen LogP contribution in [0.15, 0.2) is 296 Å². The molecule has 0 aliphatic heterocycles. The van der Waals surface area contributed by atoms with E-state index in [-0.39, 0.29) is 0 Å². The molecule has 6 heteroatoms. The highest BCUT2D eigenvalue weighted by molar-refractivity contribution is 6.22. The maximum atomic E-state index is 6.75. The Morgan fingerprint density at radius 2 is 0.659 bits per heavy atom. The van der Waals surface area contributed by atoms with E-state index in [1.54, 1.807) is 0 Å². The first-order valence-corrected chi connectivity index (χ1v) is 28.0. The van der Waals surface area contributed by atoms with Crippen LogP contribution < -0.4 is 5.73 Å². The lowest BCUT2D eigenvalue weighted by atomic mass is 9.99. The molecule has 6 nitrogen and oxygen atoms in total. The zero-order chi connectivity index (χ0) is 54.3. The first kappa shape index (κ1) is 47.1. The predicted molar refractivity (Wildman–Crippen MR) is 345 cm³/mol. The summed E-state index contributed by atoms with van der Waals surface area (Å²) in [5.41, 5.74) is 27.4. The molecular weight excluding hydrogens is 997 g/mol. The van der Waals surface area contributed by atoms with Gasteiger partial charge in [0.15, 0.2) is 0 Å². The Morgan fingerprint density at radius 1 is 0.293 bits per heavy atom. The summed E-state index contributed by atoms with van der Waals surface area (Å²) in [6.07, 6.45) is 2.00. The third kappa shape index (κ3) is 7.68. The average molecular weight is 1050 g/mol. The van der Waals surface area contributed by atoms with Crippen molar-refractivity contribution in [3.63, 3.8) is 0 Å². The summed E-state index contributed by atoms with van der Waals surface area (Å²) < 4.78 is 9.72. The van der Waals surface area contributed by atoms with Crippen molar-refractivity contribution in [1.82, 2.24) is 18.3 Å². The topological polar surface area (TPSA) is 58.1 Å². The number of aliphatic imine (C=N–C) groups is 1. The third-order valence-electron chi connectivity index (χ3n) is 16.6. The Morgan fingerprint density at radius 3 is 1.13 bits per heavy atom. The molecule has 4 heterocycles. The lowest BCUT2D eigenvalue weighted by molar-refractivity contribution is 1.06. The van der Waals surface area contributed by atoms with E-state index in [0.717, 1.165) is 72.8 Å². The van der Waals surface area contributed by atoms with Gasteiger partial charge in [-0.3, -0.25) is 4.99 Å². The van der Waals surface area contributed by atoms with E-state index in [9.17, 15) is 0 Å². The number of allylic oxidation sites excluding steroid dienone is 1. The first-order chi connectivity index (χ1) is 40.6. The van der Waals surface area contributed by atoms with E-state index in [0.29, 0.717) is 12.2 Å². The number of benzene rings is 12. The molecule has 0 amide bonds. The van der Waals surface area contributed by atoms with Gasteiger partial charge < -0.3 is 24.0 Å². The van der Waals surface area contributed by atoms with Crippen LogP contribution in [0.4, 0.5) is 0 Å². The van der Waals surface area contributed by atoms with Crippen LogP contribution >= 0.6 is 0 Å². The standard InChI is InChI=1S/C76H52N6/c77-67(51-22-6-1-7-23-51)46-68(52-24-8-2-9-25-52)78-49-50-21-20-32-58(41-50)82-72-40-38-54(43-62(72)66-45-64-60-34-17-19-36-70(60)80(74(64)48-76(66)82)56-28-12-4-13-29-56)53-37-39-71-61(42-53)65-44-63-59-33-16-18-35-69(59)79(55-26-10-3-11-27-55)73(63)47-75(65)81(71)57-30-14-5-15-31-57/h1-48H,49,77H2/b67-46-,78-68+. The summed E-state index contributed by atoms with van der Waals surface area (Å²) in [5.74, 6) is 0. The number of hydrogen-bond donors (Lipinski definition) is 1. The van der Waals surface area contributed by atoms with E-state index in [1.165, 1.54) is 70.7 Å². The molecule has 4 aromatic heterocycles. The molecule has 0 unspecified atom stereocenters. The number of rotatable bonds is 10. The largest absolute Gasteiger partial charge is 0.398 e. The van der Waals surface area contributed by atoms with Crippen LogP contribution in [-0.4, -0.2) is 24.0 Å². The summed E-state index contributed by atoms with van der Waals surface area (Å²) >= 11 is 0. The maximum absolute atomic E-state index is 6.75. The van der Waals surface area contributed by atoms with Gasteiger partial charge in [0.2, 0.25) is 0 Å². The highest BCUT2D eigenvalue weighted by Crippen LogP contribution is 2.44. The summed E-state index contributed by atoms with van der Waals surface area (Å²) in [5, 5.41) is 9.70. The van der Waals surface area contributed by atoms with E-state index < -0.39 is 0 Å². The monoisotopic (exact) mass is 1050 g/mol. The predicted octanol–water partition coefficient (Wildman–Crippen LogP) is 18.7. The molecule has 0 aliphatic rings. The normalized spacial score (nSPS) is 12.4. The van der Waals surface area contributed by atoms with Crippen LogP contribution in [0.25, 0.3) is 127 Å². The van der Waals surface area contributed by atoms with Gasteiger partial charge in [0.1, 0.15) is 0 Å². The maximum Gasteiger partial charge on any atom is 0.0671 e. The Labute approximate surface area is 473 Å². The van der Waals surface area contributed by atoms with Crippen molar-refractivity contribution in [3.8, 4) is 33.9 Å². The van der Waals surface area contributed by atoms with Crippen LogP contribution in [0, 0.1) is 0 Å². The second-order valence-electron chi connectivity index (χ2n) is 21.3. The zero-order valence-electron chi connectivity index (χ0n) is 44.7. The van der Waals surface area contributed by atoms with Crippen molar-refractivity contribution in [2.75, 3.05) is 0 Å². The molecular formula is C76H52N6. The first-order valence-electron chi connectivity index (χ1n) is 28.0. The number of nitrogens with zero attached hydrogens (tertiary/aromatic N) is 5. The number of aromatic nitrogens is 4. The fourth-order valence-electron chi connectivity index (χ4n) is 12.8. The SMILES string of the molecule is N/C(=C\C(=N/Cc1cccc(-n2c3ccc(-c4ccc5c(c4)c4cc6c7ccccc7n(-c7ccccc7)c6cc4n5-c4ccccc4)cc3c3cc4c5ccccc5n(-c5ccccc5)c4cc32)c1)c1ccccc1)c1ccccc1. The van der Waals surface area contributed by atoms with Crippen LogP contribution in [0.1, 0.15) is 16.7 Å². The molecule has 0 radical (unpaired) electrons. The van der Waals surface area contributed by atoms with Crippen LogP contribution in [0.5, 0.6) is 0 Å². The fraction of sp³-hybridized carbons (Fsp3) is 0.0132. The van der Waals surface area contributed by atoms with Crippen molar-refractivity contribution in [2.24, 2.45) is 10.7 Å². The molecule has 0 bridgehead atoms. The number of para-hydroxylation sites is 5. The van der Waals surface area contributed by atoms with Gasteiger partial charge in [-0.2, -0.15) is 0 Å². The van der Waals surface area contributed by atoms with E-state index in [2.05, 4.69) is 255 Å². The van der Waals surface area contributed by atoms with Gasteiger partial charge >= 0.3 is 0 Å². The molecule has 0 aliphatic carbocycles. The molecule has 2 N–H and O–H groups in total. The smallest absolute Gasteiger partial charge is 0.0671 e. The average Bonchev–Trinajstić information content (AvgIpc) is 4.46. The number of hydrogen-bond acceptors (Lipinski definition) is 2. The minimum absolute atomic E-state index is 0.466. The molecule has 16 aromatic rings. The van der Waals surface area contributed by atoms with E-state index >= 15 is 0 Å². The minimum Gasteiger partial charge on any atom is -0.398 e. The fourth-order valence-corrected chi connectivity index (χ4v) is 12.8. The van der Waals surface area contributed by atoms with E-state index in [1.807, 2.05) is 54.6 Å². The van der Waals surface area contributed by atoms with Gasteiger partial charge in [0, 0.05) is 71.5 Å². The number of fused-ring (bicyclic) bond motifs is 12. The quantitative estimate of drug-likeness (QED) is 0.136. The lowest BCUT2D eigenvalue weighted by Crippen LogP contribution is -2.04. The van der Waals surface area contributed by atoms with Crippen molar-refractivity contribution < 1.29 is 0 Å². The Balaban J connectivity index is 0.898. The lowest BCUT2D eigenvalue weighted by Gasteiger charge is -2.12. The second kappa shape index (κ2) is 19.2. The van der Waals surface area contributed by atoms with E-state index in [4.69, 9.17) is 10.7 Å². The Hall–Kier alpha value is -11.0. The molecule has 0 spiro atoms. The highest BCUT2D eigenvalue weighted by Gasteiger charge is 2.22. The molecule has 16 rings (SSSR count). The Bertz CT molecular complexity index is 5220. The highest BCUT2D eigenvalue weighted by atomic mass is 15.0. The summed E-state index contributed by atoms with van der Waals surface area (Å²) in [6.45, 7) is 0.466. The van der Waals surface area contributed by atoms with Crippen LogP contribution in [0.2, 0.25) is 0 Å². The van der Waals surface area contributed by atoms with Crippen LogP contribution in [0.3, 0.4) is 0 Å². The molecule has 386 valence electrons. The molecule has 0 saturated carbocycles. The van der Waals surface area contributed by atoms with Crippen molar-refractivity contribution >= 4 is 98.6 Å². The van der Waals surface area contributed by atoms with Crippen molar-refractivity contribution in [3.05, 3.63) is 308 Å². The second-order valence-corrected chi connectivity index (χ2v) is 21.3. The summed E-state index contributed by atoms with van der Waals surface area (Å²) in [4.78, 5) is 5.28. The van der Waals surface area contributed by atoms with Gasteiger partial charge in [-0.25, -0.2) is 0 Å². The zero-order valence-corrected chi connectivity index (χ0v) is 44.7. The molecule has 0 atom stereocenters. The minimum atomic E-state index is 0.466. The summed E-state index contributed by atoms with van der Waals surface area (Å²) in [7, 11) is 0. The van der Waals surface area contributed by atoms with Crippen LogP contribution in [-0.2, 0) is 6.54 Å². The Kier molecular flexibility index (Phi) is 11.0. The van der Waals surface area contributed by atoms with Crippen molar-refractivity contribution in [2.45, 2.75) is 6.54 Å². The summed E-state index contributed by atoms with van der Waals surface area (Å²) in [6, 6.07) is 103. The van der Waals surface area contributed by atoms with Crippen molar-refractivity contribution in [1.29, 1.82) is 0 Å². The molecule has 82 heavy (non-hydrogen) atoms. The molecule has 12 aromatic carbocycles. The number of nitrogens with two attached hydrogens (primary N) is 1. The van der Waals surface area contributed by atoms with Gasteiger partial charge in [-0.05, 0) is 143 Å². The third-order valence-corrected chi connectivity index (χ3v) is 16.6. The van der Waals surface area contributed by atoms with Gasteiger partial charge in [-0.15, -0.1) is 0 Å². The van der Waals surface area contributed by atoms with Gasteiger partial charge in [-0.1, -0.05) is 176 Å². The van der Waals surface area contributed by atoms with Gasteiger partial charge in [0.05, 0.1) is 56.4 Å².